The zero-order valence-corrected chi connectivity index (χ0v) is 15.4. The molecule has 24 heavy (non-hydrogen) atoms. The van der Waals surface area contributed by atoms with Crippen LogP contribution < -0.4 is 10.6 Å². The summed E-state index contributed by atoms with van der Waals surface area (Å²) in [4.78, 5) is 11.3. The van der Waals surface area contributed by atoms with E-state index in [2.05, 4.69) is 22.8 Å². The van der Waals surface area contributed by atoms with Gasteiger partial charge in [0.15, 0.2) is 0 Å². The normalized spacial score (nSPS) is 15.0. The van der Waals surface area contributed by atoms with Crippen LogP contribution in [0, 0.1) is 11.7 Å². The highest BCUT2D eigenvalue weighted by Gasteiger charge is 2.04. The van der Waals surface area contributed by atoms with E-state index in [1.165, 1.54) is 37.1 Å². The summed E-state index contributed by atoms with van der Waals surface area (Å²) in [5.74, 6) is 0.0899. The van der Waals surface area contributed by atoms with Gasteiger partial charge in [-0.25, -0.2) is 9.18 Å². The standard InChI is InChI=1S/C11H15FN2O.C6H10O.C2H6/c1-8(2)7-13-11(15)14-10-5-3-9(12)4-6-10;1-7-6-4-2-3-5-6;1-2/h3-6,8H,7H2,1-2H3,(H2,13,14,15);2,4,6H,3,5H2,1H3;1-2H3. The molecular weight excluding hydrogens is 307 g/mol. The predicted molar refractivity (Wildman–Crippen MR) is 98.8 cm³/mol. The number of anilines is 1. The summed E-state index contributed by atoms with van der Waals surface area (Å²) < 4.78 is 17.6. The minimum Gasteiger partial charge on any atom is -0.377 e. The van der Waals surface area contributed by atoms with Gasteiger partial charge in [0.25, 0.3) is 0 Å². The molecule has 0 aliphatic heterocycles. The molecule has 1 atom stereocenters. The largest absolute Gasteiger partial charge is 0.377 e. The molecule has 0 spiro atoms. The van der Waals surface area contributed by atoms with Crippen molar-refractivity contribution in [1.82, 2.24) is 5.32 Å². The monoisotopic (exact) mass is 338 g/mol. The van der Waals surface area contributed by atoms with Gasteiger partial charge in [0.05, 0.1) is 6.10 Å². The van der Waals surface area contributed by atoms with E-state index in [-0.39, 0.29) is 11.8 Å². The van der Waals surface area contributed by atoms with Crippen LogP contribution in [0.1, 0.15) is 40.5 Å². The number of nitrogens with one attached hydrogen (secondary N) is 2. The first-order valence-corrected chi connectivity index (χ1v) is 8.51. The van der Waals surface area contributed by atoms with Gasteiger partial charge in [-0.05, 0) is 43.0 Å². The molecule has 0 saturated heterocycles. The molecule has 1 unspecified atom stereocenters. The first-order valence-electron chi connectivity index (χ1n) is 8.51. The fourth-order valence-electron chi connectivity index (χ4n) is 1.81. The van der Waals surface area contributed by atoms with Gasteiger partial charge in [0.1, 0.15) is 5.82 Å². The summed E-state index contributed by atoms with van der Waals surface area (Å²) >= 11 is 0. The number of methoxy groups -OCH3 is 1. The maximum absolute atomic E-state index is 12.5. The minimum atomic E-state index is -0.317. The Bertz CT molecular complexity index is 473. The molecule has 0 heterocycles. The van der Waals surface area contributed by atoms with Crippen molar-refractivity contribution in [3.8, 4) is 0 Å². The lowest BCUT2D eigenvalue weighted by Gasteiger charge is -2.09. The molecule has 2 N–H and O–H groups in total. The molecule has 1 aliphatic carbocycles. The van der Waals surface area contributed by atoms with E-state index in [0.717, 1.165) is 0 Å². The minimum absolute atomic E-state index is 0.268. The molecule has 0 fully saturated rings. The highest BCUT2D eigenvalue weighted by molar-refractivity contribution is 5.89. The lowest BCUT2D eigenvalue weighted by molar-refractivity contribution is 0.141. The molecule has 0 bridgehead atoms. The number of amides is 2. The lowest BCUT2D eigenvalue weighted by atomic mass is 10.2. The molecule has 0 aromatic heterocycles. The number of carbonyl (C=O) groups excluding carboxylic acids is 1. The number of benzene rings is 1. The number of carbonyl (C=O) groups is 1. The van der Waals surface area contributed by atoms with Crippen molar-refractivity contribution in [2.24, 2.45) is 5.92 Å². The van der Waals surface area contributed by atoms with Crippen LogP contribution >= 0.6 is 0 Å². The Morgan fingerprint density at radius 2 is 1.92 bits per heavy atom. The Kier molecular flexibility index (Phi) is 12.5. The van der Waals surface area contributed by atoms with Crippen LogP contribution in [0.25, 0.3) is 0 Å². The summed E-state index contributed by atoms with van der Waals surface area (Å²) in [5, 5.41) is 5.31. The van der Waals surface area contributed by atoms with E-state index < -0.39 is 0 Å². The third-order valence-corrected chi connectivity index (χ3v) is 3.04. The summed E-state index contributed by atoms with van der Waals surface area (Å²) in [6, 6.07) is 5.38. The van der Waals surface area contributed by atoms with Crippen LogP contribution in [0.15, 0.2) is 36.4 Å². The van der Waals surface area contributed by atoms with Crippen molar-refractivity contribution in [3.05, 3.63) is 42.2 Å². The van der Waals surface area contributed by atoms with Gasteiger partial charge in [-0.2, -0.15) is 0 Å². The highest BCUT2D eigenvalue weighted by atomic mass is 19.1. The number of hydrogen-bond donors (Lipinski definition) is 2. The number of urea groups is 1. The Balaban J connectivity index is 0.000000488. The van der Waals surface area contributed by atoms with Gasteiger partial charge >= 0.3 is 6.03 Å². The average Bonchev–Trinajstić information content (AvgIpc) is 3.11. The van der Waals surface area contributed by atoms with Gasteiger partial charge in [0.2, 0.25) is 0 Å². The van der Waals surface area contributed by atoms with Crippen molar-refractivity contribution < 1.29 is 13.9 Å². The van der Waals surface area contributed by atoms with E-state index in [4.69, 9.17) is 4.74 Å². The number of hydrogen-bond acceptors (Lipinski definition) is 2. The topological polar surface area (TPSA) is 50.4 Å². The highest BCUT2D eigenvalue weighted by Crippen LogP contribution is 2.10. The molecule has 5 heteroatoms. The average molecular weight is 338 g/mol. The first kappa shape index (κ1) is 22.1. The second-order valence-corrected chi connectivity index (χ2v) is 5.52. The maximum Gasteiger partial charge on any atom is 0.319 e. The summed E-state index contributed by atoms with van der Waals surface area (Å²) in [5.41, 5.74) is 0.581. The van der Waals surface area contributed by atoms with Crippen LogP contribution in [0.5, 0.6) is 0 Å². The Hall–Kier alpha value is -1.88. The molecule has 2 amide bonds. The van der Waals surface area contributed by atoms with Crippen molar-refractivity contribution in [1.29, 1.82) is 0 Å². The number of halogens is 1. The lowest BCUT2D eigenvalue weighted by Crippen LogP contribution is -2.31. The second kappa shape index (κ2) is 13.5. The predicted octanol–water partition coefficient (Wildman–Crippen LogP) is 4.98. The van der Waals surface area contributed by atoms with E-state index in [0.29, 0.717) is 24.3 Å². The summed E-state index contributed by atoms with van der Waals surface area (Å²) in [6.45, 7) is 8.64. The van der Waals surface area contributed by atoms with Gasteiger partial charge in [-0.15, -0.1) is 0 Å². The zero-order chi connectivity index (χ0) is 18.4. The van der Waals surface area contributed by atoms with Gasteiger partial charge in [-0.1, -0.05) is 39.8 Å². The molecule has 0 saturated carbocycles. The molecule has 136 valence electrons. The number of ether oxygens (including phenoxy) is 1. The Morgan fingerprint density at radius 3 is 2.33 bits per heavy atom. The molecule has 2 rings (SSSR count). The van der Waals surface area contributed by atoms with Gasteiger partial charge in [-0.3, -0.25) is 0 Å². The van der Waals surface area contributed by atoms with E-state index in [9.17, 15) is 9.18 Å². The number of allylic oxidation sites excluding steroid dienone is 1. The van der Waals surface area contributed by atoms with Gasteiger partial charge < -0.3 is 15.4 Å². The van der Waals surface area contributed by atoms with E-state index >= 15 is 0 Å². The van der Waals surface area contributed by atoms with Crippen LogP contribution in [-0.2, 0) is 4.74 Å². The fourth-order valence-corrected chi connectivity index (χ4v) is 1.81. The summed E-state index contributed by atoms with van der Waals surface area (Å²) in [7, 11) is 1.75. The van der Waals surface area contributed by atoms with E-state index in [1.807, 2.05) is 27.7 Å². The quantitative estimate of drug-likeness (QED) is 0.761. The Morgan fingerprint density at radius 1 is 1.29 bits per heavy atom. The van der Waals surface area contributed by atoms with Crippen LogP contribution in [0.4, 0.5) is 14.9 Å². The van der Waals surface area contributed by atoms with Crippen LogP contribution in [0.2, 0.25) is 0 Å². The smallest absolute Gasteiger partial charge is 0.319 e. The molecule has 1 aliphatic rings. The second-order valence-electron chi connectivity index (χ2n) is 5.52. The van der Waals surface area contributed by atoms with E-state index in [1.54, 1.807) is 7.11 Å². The molecule has 0 radical (unpaired) electrons. The summed E-state index contributed by atoms with van der Waals surface area (Å²) in [6.07, 6.45) is 7.06. The third kappa shape index (κ3) is 10.8. The SMILES string of the molecule is CC.CC(C)CNC(=O)Nc1ccc(F)cc1.COC1C=CCC1. The third-order valence-electron chi connectivity index (χ3n) is 3.04. The first-order chi connectivity index (χ1) is 11.5. The van der Waals surface area contributed by atoms with Crippen LogP contribution in [0.3, 0.4) is 0 Å². The van der Waals surface area contributed by atoms with Crippen molar-refractivity contribution in [2.45, 2.75) is 46.6 Å². The molecule has 4 nitrogen and oxygen atoms in total. The fraction of sp³-hybridized carbons (Fsp3) is 0.526. The maximum atomic E-state index is 12.5. The van der Waals surface area contributed by atoms with Crippen molar-refractivity contribution >= 4 is 11.7 Å². The van der Waals surface area contributed by atoms with Crippen molar-refractivity contribution in [3.63, 3.8) is 0 Å². The molecular formula is C19H31FN2O2. The van der Waals surface area contributed by atoms with Crippen LogP contribution in [-0.4, -0.2) is 25.8 Å². The number of rotatable bonds is 4. The molecule has 1 aromatic carbocycles. The Labute approximate surface area is 145 Å². The van der Waals surface area contributed by atoms with Crippen molar-refractivity contribution in [2.75, 3.05) is 19.0 Å². The van der Waals surface area contributed by atoms with Gasteiger partial charge in [0, 0.05) is 19.3 Å². The molecule has 1 aromatic rings. The zero-order valence-electron chi connectivity index (χ0n) is 15.4.